The molecule has 36 heavy (non-hydrogen) atoms. The fraction of sp³-hybridized carbons (Fsp3) is 0.565. The molecule has 1 amide bonds. The van der Waals surface area contributed by atoms with Crippen LogP contribution in [-0.2, 0) is 15.7 Å². The molecule has 0 saturated carbocycles. The molecule has 0 bridgehead atoms. The molecule has 0 aliphatic carbocycles. The lowest BCUT2D eigenvalue weighted by atomic mass is 9.77. The number of hydrogen-bond acceptors (Lipinski definition) is 8. The molecule has 0 atom stereocenters. The van der Waals surface area contributed by atoms with Crippen molar-refractivity contribution in [1.82, 2.24) is 29.7 Å². The smallest absolute Gasteiger partial charge is 0.377 e. The first kappa shape index (κ1) is 23.1. The summed E-state index contributed by atoms with van der Waals surface area (Å²) in [5.41, 5.74) is 2.19. The number of rotatable bonds is 3. The van der Waals surface area contributed by atoms with E-state index in [1.807, 2.05) is 11.6 Å². The highest BCUT2D eigenvalue weighted by atomic mass is 19.4. The summed E-state index contributed by atoms with van der Waals surface area (Å²) in [6.45, 7) is 6.26. The van der Waals surface area contributed by atoms with Gasteiger partial charge in [0, 0.05) is 43.2 Å². The molecule has 1 spiro atoms. The van der Waals surface area contributed by atoms with Crippen LogP contribution in [0.4, 0.5) is 24.8 Å². The molecule has 6 rings (SSSR count). The van der Waals surface area contributed by atoms with E-state index in [1.54, 1.807) is 6.20 Å². The normalized spacial score (nSPS) is 20.5. The molecule has 3 aromatic rings. The van der Waals surface area contributed by atoms with Crippen LogP contribution in [-0.4, -0.2) is 68.5 Å². The van der Waals surface area contributed by atoms with Gasteiger partial charge in [-0.15, -0.1) is 0 Å². The van der Waals surface area contributed by atoms with Crippen LogP contribution < -0.4 is 9.80 Å². The summed E-state index contributed by atoms with van der Waals surface area (Å²) < 4.78 is 46.9. The molecule has 0 unspecified atom stereocenters. The Morgan fingerprint density at radius 1 is 1.08 bits per heavy atom. The van der Waals surface area contributed by atoms with Gasteiger partial charge < -0.3 is 9.64 Å². The van der Waals surface area contributed by atoms with Crippen molar-refractivity contribution < 1.29 is 22.7 Å². The van der Waals surface area contributed by atoms with Crippen LogP contribution in [0.15, 0.2) is 12.3 Å². The number of ether oxygens (including phenoxy) is 1. The molecule has 0 radical (unpaired) electrons. The zero-order valence-corrected chi connectivity index (χ0v) is 19.9. The number of aryl methyl sites for hydroxylation is 2. The molecule has 190 valence electrons. The lowest BCUT2D eigenvalue weighted by molar-refractivity contribution is -0.145. The van der Waals surface area contributed by atoms with Gasteiger partial charge in [-0.1, -0.05) is 0 Å². The van der Waals surface area contributed by atoms with Crippen molar-refractivity contribution in [3.05, 3.63) is 29.5 Å². The van der Waals surface area contributed by atoms with E-state index in [4.69, 9.17) is 9.72 Å². The molecule has 10 nitrogen and oxygen atoms in total. The number of anilines is 2. The van der Waals surface area contributed by atoms with Crippen molar-refractivity contribution in [2.24, 2.45) is 5.41 Å². The second-order valence-electron chi connectivity index (χ2n) is 9.95. The first-order valence-electron chi connectivity index (χ1n) is 11.9. The first-order chi connectivity index (χ1) is 17.1. The molecule has 3 saturated heterocycles. The van der Waals surface area contributed by atoms with Crippen LogP contribution in [0, 0.1) is 19.3 Å². The van der Waals surface area contributed by atoms with Gasteiger partial charge in [0.05, 0.1) is 25.1 Å². The maximum atomic E-state index is 13.2. The Hall–Kier alpha value is -3.35. The third-order valence-electron chi connectivity index (χ3n) is 7.36. The zero-order chi connectivity index (χ0) is 25.2. The van der Waals surface area contributed by atoms with Crippen LogP contribution >= 0.6 is 0 Å². The van der Waals surface area contributed by atoms with Crippen LogP contribution in [0.2, 0.25) is 0 Å². The van der Waals surface area contributed by atoms with Crippen molar-refractivity contribution in [2.45, 2.75) is 45.3 Å². The van der Waals surface area contributed by atoms with E-state index in [0.717, 1.165) is 22.7 Å². The van der Waals surface area contributed by atoms with Crippen molar-refractivity contribution in [3.8, 4) is 0 Å². The van der Waals surface area contributed by atoms with Gasteiger partial charge in [0.15, 0.2) is 5.65 Å². The van der Waals surface area contributed by atoms with Crippen molar-refractivity contribution >= 4 is 28.7 Å². The average molecular weight is 503 g/mol. The highest BCUT2D eigenvalue weighted by Gasteiger charge is 2.46. The molecular formula is C23H25F3N8O2. The van der Waals surface area contributed by atoms with Crippen molar-refractivity contribution in [1.29, 1.82) is 0 Å². The monoisotopic (exact) mass is 502 g/mol. The Kier molecular flexibility index (Phi) is 5.18. The minimum atomic E-state index is -4.67. The van der Waals surface area contributed by atoms with Crippen LogP contribution in [0.25, 0.3) is 11.2 Å². The minimum Gasteiger partial charge on any atom is -0.377 e. The Labute approximate surface area is 204 Å². The lowest BCUT2D eigenvalue weighted by Gasteiger charge is -2.39. The van der Waals surface area contributed by atoms with Gasteiger partial charge in [-0.25, -0.2) is 24.6 Å². The fourth-order valence-corrected chi connectivity index (χ4v) is 5.28. The summed E-state index contributed by atoms with van der Waals surface area (Å²) in [7, 11) is 0. The number of amides is 1. The summed E-state index contributed by atoms with van der Waals surface area (Å²) in [5.74, 6) is -0.670. The molecule has 3 aromatic heterocycles. The summed E-state index contributed by atoms with van der Waals surface area (Å²) in [6, 6.07) is 1.60. The molecular weight excluding hydrogens is 477 g/mol. The van der Waals surface area contributed by atoms with Gasteiger partial charge >= 0.3 is 6.18 Å². The van der Waals surface area contributed by atoms with Gasteiger partial charge in [-0.3, -0.25) is 9.69 Å². The summed E-state index contributed by atoms with van der Waals surface area (Å²) in [4.78, 5) is 33.0. The lowest BCUT2D eigenvalue weighted by Crippen LogP contribution is -2.42. The first-order valence-corrected chi connectivity index (χ1v) is 11.9. The Morgan fingerprint density at radius 2 is 1.83 bits per heavy atom. The van der Waals surface area contributed by atoms with Gasteiger partial charge in [0.25, 0.3) is 0 Å². The Balaban J connectivity index is 1.20. The van der Waals surface area contributed by atoms with E-state index in [0.29, 0.717) is 45.7 Å². The highest BCUT2D eigenvalue weighted by Crippen LogP contribution is 2.43. The Bertz CT molecular complexity index is 1350. The van der Waals surface area contributed by atoms with E-state index in [2.05, 4.69) is 25.0 Å². The van der Waals surface area contributed by atoms with E-state index < -0.39 is 12.0 Å². The molecule has 13 heteroatoms. The number of fused-ring (bicyclic) bond motifs is 1. The van der Waals surface area contributed by atoms with E-state index in [9.17, 15) is 18.0 Å². The minimum absolute atomic E-state index is 0.0130. The van der Waals surface area contributed by atoms with Crippen LogP contribution in [0.3, 0.4) is 0 Å². The number of halogens is 3. The zero-order valence-electron chi connectivity index (χ0n) is 19.9. The Morgan fingerprint density at radius 3 is 2.50 bits per heavy atom. The summed E-state index contributed by atoms with van der Waals surface area (Å²) >= 11 is 0. The number of piperidine rings is 1. The SMILES string of the molecule is Cc1cc(N2CC3(CCN(c4cnc5c(C)nn(C6COC6)c5n4)CC3)CC2=O)nc(C(F)(F)F)n1. The van der Waals surface area contributed by atoms with Crippen LogP contribution in [0.5, 0.6) is 0 Å². The molecule has 3 aliphatic heterocycles. The third-order valence-corrected chi connectivity index (χ3v) is 7.36. The van der Waals surface area contributed by atoms with E-state index >= 15 is 0 Å². The van der Waals surface area contributed by atoms with Gasteiger partial charge in [-0.05, 0) is 26.7 Å². The number of carbonyl (C=O) groups excluding carboxylic acids is 1. The standard InChI is InChI=1S/C23H25F3N8O2/c1-13-7-16(30-21(28-13)23(24,25)26)33-12-22(8-18(33)35)3-5-32(6-4-22)17-9-27-19-14(2)31-34(20(19)29-17)15-10-36-11-15/h7,9,15H,3-6,8,10-12H2,1-2H3. The van der Waals surface area contributed by atoms with Gasteiger partial charge in [-0.2, -0.15) is 18.3 Å². The third kappa shape index (κ3) is 3.85. The number of nitrogens with zero attached hydrogens (tertiary/aromatic N) is 8. The second kappa shape index (κ2) is 8.08. The molecule has 0 aromatic carbocycles. The quantitative estimate of drug-likeness (QED) is 0.539. The largest absolute Gasteiger partial charge is 0.451 e. The summed E-state index contributed by atoms with van der Waals surface area (Å²) in [5, 5.41) is 4.60. The average Bonchev–Trinajstić information content (AvgIpc) is 3.28. The maximum Gasteiger partial charge on any atom is 0.451 e. The second-order valence-corrected chi connectivity index (χ2v) is 9.95. The number of alkyl halides is 3. The summed E-state index contributed by atoms with van der Waals surface area (Å²) in [6.07, 6.45) is -1.22. The van der Waals surface area contributed by atoms with Crippen LogP contribution in [0.1, 0.15) is 42.5 Å². The number of carbonyl (C=O) groups is 1. The molecule has 0 N–H and O–H groups in total. The van der Waals surface area contributed by atoms with Crippen molar-refractivity contribution in [2.75, 3.05) is 42.6 Å². The molecule has 6 heterocycles. The maximum absolute atomic E-state index is 13.2. The van der Waals surface area contributed by atoms with E-state index in [1.165, 1.54) is 17.9 Å². The number of hydrogen-bond donors (Lipinski definition) is 0. The fourth-order valence-electron chi connectivity index (χ4n) is 5.28. The molecule has 3 fully saturated rings. The number of aromatic nitrogens is 6. The van der Waals surface area contributed by atoms with Gasteiger partial charge in [0.2, 0.25) is 11.7 Å². The van der Waals surface area contributed by atoms with E-state index in [-0.39, 0.29) is 35.3 Å². The predicted octanol–water partition coefficient (Wildman–Crippen LogP) is 2.85. The topological polar surface area (TPSA) is 102 Å². The molecule has 3 aliphatic rings. The highest BCUT2D eigenvalue weighted by molar-refractivity contribution is 5.95. The predicted molar refractivity (Wildman–Crippen MR) is 123 cm³/mol. The van der Waals surface area contributed by atoms with Crippen molar-refractivity contribution in [3.63, 3.8) is 0 Å². The van der Waals surface area contributed by atoms with Gasteiger partial charge in [0.1, 0.15) is 23.2 Å².